The Morgan fingerprint density at radius 2 is 1.51 bits per heavy atom. The summed E-state index contributed by atoms with van der Waals surface area (Å²) in [4.78, 5) is 35.5. The zero-order valence-corrected chi connectivity index (χ0v) is 26.7. The average Bonchev–Trinajstić information content (AvgIpc) is 3.49. The summed E-state index contributed by atoms with van der Waals surface area (Å²) in [6, 6.07) is 27.3. The summed E-state index contributed by atoms with van der Waals surface area (Å²) in [5.41, 5.74) is 1.82. The van der Waals surface area contributed by atoms with Crippen LogP contribution in [0.25, 0.3) is 31.8 Å². The average molecular weight is 638 g/mol. The largest absolute Gasteiger partial charge is 0.422 e. The first-order valence-corrected chi connectivity index (χ1v) is 17.0. The molecule has 10 heteroatoms. The van der Waals surface area contributed by atoms with Crippen LogP contribution in [0, 0.1) is 0 Å². The summed E-state index contributed by atoms with van der Waals surface area (Å²) in [5, 5.41) is 0.574. The molecule has 0 saturated carbocycles. The van der Waals surface area contributed by atoms with E-state index in [9.17, 15) is 18.0 Å². The molecule has 0 aliphatic carbocycles. The number of aryl methyl sites for hydroxylation is 1. The quantitative estimate of drug-likeness (QED) is 0.151. The van der Waals surface area contributed by atoms with Crippen molar-refractivity contribution < 1.29 is 17.6 Å². The van der Waals surface area contributed by atoms with E-state index in [0.29, 0.717) is 10.9 Å². The van der Waals surface area contributed by atoms with Gasteiger partial charge in [-0.15, -0.1) is 11.3 Å². The number of thiazole rings is 1. The van der Waals surface area contributed by atoms with Crippen molar-refractivity contribution in [2.45, 2.75) is 32.1 Å². The number of rotatable bonds is 9. The van der Waals surface area contributed by atoms with E-state index in [4.69, 9.17) is 4.42 Å². The first-order chi connectivity index (χ1) is 21.8. The van der Waals surface area contributed by atoms with Crippen LogP contribution in [-0.4, -0.2) is 32.4 Å². The monoisotopic (exact) mass is 637 g/mol. The number of carbonyl (C=O) groups is 1. The fourth-order valence-corrected chi connectivity index (χ4v) is 7.83. The van der Waals surface area contributed by atoms with Crippen molar-refractivity contribution in [1.29, 1.82) is 0 Å². The standard InChI is InChI=1S/C35H31N3O5S2/c1-4-23-16-18-24(19-17-23)38(45(41,42)26-12-8-7-9-13-26)34(39)31-27-21-20-25(37(5-2)6-3)22-29(27)43-35(40)32(31)33-36-28-14-10-11-15-30(28)44-33/h7-22H,4-6H2,1-3H3. The molecule has 45 heavy (non-hydrogen) atoms. The van der Waals surface area contributed by atoms with Gasteiger partial charge < -0.3 is 9.32 Å². The second-order valence-corrected chi connectivity index (χ2v) is 13.2. The number of aromatic nitrogens is 1. The van der Waals surface area contributed by atoms with Gasteiger partial charge in [0.25, 0.3) is 15.9 Å². The first kappa shape index (κ1) is 30.2. The molecule has 0 spiro atoms. The highest BCUT2D eigenvalue weighted by Gasteiger charge is 2.36. The van der Waals surface area contributed by atoms with E-state index >= 15 is 0 Å². The number of anilines is 2. The number of amides is 1. The zero-order valence-electron chi connectivity index (χ0n) is 25.1. The minimum atomic E-state index is -4.43. The molecule has 0 unspecified atom stereocenters. The molecular weight excluding hydrogens is 607 g/mol. The summed E-state index contributed by atoms with van der Waals surface area (Å²) in [6.07, 6.45) is 0.737. The molecule has 0 atom stereocenters. The van der Waals surface area contributed by atoms with Gasteiger partial charge in [0.2, 0.25) is 0 Å². The van der Waals surface area contributed by atoms with Gasteiger partial charge >= 0.3 is 5.63 Å². The number of carbonyl (C=O) groups excluding carboxylic acids is 1. The maximum Gasteiger partial charge on any atom is 0.347 e. The Morgan fingerprint density at radius 3 is 2.18 bits per heavy atom. The van der Waals surface area contributed by atoms with Crippen LogP contribution in [0.15, 0.2) is 111 Å². The normalized spacial score (nSPS) is 11.6. The van der Waals surface area contributed by atoms with Gasteiger partial charge in [0.1, 0.15) is 16.2 Å². The smallest absolute Gasteiger partial charge is 0.347 e. The second-order valence-electron chi connectivity index (χ2n) is 10.4. The van der Waals surface area contributed by atoms with Crippen molar-refractivity contribution >= 4 is 59.8 Å². The van der Waals surface area contributed by atoms with Gasteiger partial charge in [-0.3, -0.25) is 4.79 Å². The van der Waals surface area contributed by atoms with Crippen LogP contribution in [0.4, 0.5) is 11.4 Å². The van der Waals surface area contributed by atoms with Crippen molar-refractivity contribution in [1.82, 2.24) is 4.98 Å². The lowest BCUT2D eigenvalue weighted by atomic mass is 10.0. The SMILES string of the molecule is CCc1ccc(N(C(=O)c2c(-c3nc4ccccc4s3)c(=O)oc3cc(N(CC)CC)ccc23)S(=O)(=O)c2ccccc2)cc1. The minimum Gasteiger partial charge on any atom is -0.422 e. The Hall–Kier alpha value is -4.80. The van der Waals surface area contributed by atoms with Crippen LogP contribution < -0.4 is 14.8 Å². The zero-order chi connectivity index (χ0) is 31.7. The van der Waals surface area contributed by atoms with E-state index in [2.05, 4.69) is 9.88 Å². The van der Waals surface area contributed by atoms with Crippen molar-refractivity contribution in [3.05, 3.63) is 119 Å². The number of sulfonamides is 1. The summed E-state index contributed by atoms with van der Waals surface area (Å²) in [7, 11) is -4.43. The highest BCUT2D eigenvalue weighted by molar-refractivity contribution is 7.93. The molecule has 0 bridgehead atoms. The highest BCUT2D eigenvalue weighted by atomic mass is 32.2. The lowest BCUT2D eigenvalue weighted by Gasteiger charge is -2.25. The Morgan fingerprint density at radius 1 is 0.844 bits per heavy atom. The molecule has 0 saturated heterocycles. The van der Waals surface area contributed by atoms with Crippen LogP contribution in [0.3, 0.4) is 0 Å². The van der Waals surface area contributed by atoms with Gasteiger partial charge in [0, 0.05) is 30.2 Å². The molecular formula is C35H31N3O5S2. The third-order valence-electron chi connectivity index (χ3n) is 7.79. The van der Waals surface area contributed by atoms with E-state index < -0.39 is 21.6 Å². The lowest BCUT2D eigenvalue weighted by Crippen LogP contribution is -2.38. The predicted octanol–water partition coefficient (Wildman–Crippen LogP) is 7.51. The maximum absolute atomic E-state index is 15.0. The number of hydrogen-bond acceptors (Lipinski definition) is 8. The molecule has 0 fully saturated rings. The van der Waals surface area contributed by atoms with E-state index in [1.54, 1.807) is 54.6 Å². The van der Waals surface area contributed by atoms with Crippen LogP contribution in [0.1, 0.15) is 36.7 Å². The Labute approximate surface area is 265 Å². The number of para-hydroxylation sites is 1. The van der Waals surface area contributed by atoms with Crippen molar-refractivity contribution in [2.75, 3.05) is 22.3 Å². The molecule has 8 nitrogen and oxygen atoms in total. The van der Waals surface area contributed by atoms with E-state index in [1.807, 2.05) is 51.1 Å². The minimum absolute atomic E-state index is 0.0597. The van der Waals surface area contributed by atoms with E-state index in [0.717, 1.165) is 39.8 Å². The van der Waals surface area contributed by atoms with E-state index in [1.165, 1.54) is 23.5 Å². The molecule has 228 valence electrons. The Balaban J connectivity index is 1.67. The summed E-state index contributed by atoms with van der Waals surface area (Å²) in [6.45, 7) is 7.47. The highest BCUT2D eigenvalue weighted by Crippen LogP contribution is 2.37. The van der Waals surface area contributed by atoms with Gasteiger partial charge in [-0.1, -0.05) is 49.4 Å². The molecule has 6 rings (SSSR count). The Bertz CT molecular complexity index is 2150. The number of fused-ring (bicyclic) bond motifs is 2. The Kier molecular flexibility index (Phi) is 8.26. The first-order valence-electron chi connectivity index (χ1n) is 14.7. The summed E-state index contributed by atoms with van der Waals surface area (Å²) in [5.74, 6) is -0.883. The molecule has 4 aromatic carbocycles. The van der Waals surface area contributed by atoms with Crippen molar-refractivity contribution in [2.24, 2.45) is 0 Å². The van der Waals surface area contributed by atoms with Crippen LogP contribution in [0.5, 0.6) is 0 Å². The molecule has 2 aromatic heterocycles. The number of nitrogens with zero attached hydrogens (tertiary/aromatic N) is 3. The van der Waals surface area contributed by atoms with Gasteiger partial charge in [0.05, 0.1) is 26.4 Å². The molecule has 1 amide bonds. The van der Waals surface area contributed by atoms with Gasteiger partial charge in [-0.2, -0.15) is 4.31 Å². The molecule has 2 heterocycles. The molecule has 0 N–H and O–H groups in total. The predicted molar refractivity (Wildman–Crippen MR) is 181 cm³/mol. The van der Waals surface area contributed by atoms with Crippen molar-refractivity contribution in [3.8, 4) is 10.6 Å². The third kappa shape index (κ3) is 5.51. The third-order valence-corrected chi connectivity index (χ3v) is 10.6. The van der Waals surface area contributed by atoms with Crippen molar-refractivity contribution in [3.63, 3.8) is 0 Å². The molecule has 0 radical (unpaired) electrons. The van der Waals surface area contributed by atoms with Gasteiger partial charge in [-0.05, 0) is 74.4 Å². The van der Waals surface area contributed by atoms with Crippen LogP contribution >= 0.6 is 11.3 Å². The van der Waals surface area contributed by atoms with Crippen LogP contribution in [0.2, 0.25) is 0 Å². The van der Waals surface area contributed by atoms with Crippen LogP contribution in [-0.2, 0) is 16.4 Å². The topological polar surface area (TPSA) is 101 Å². The summed E-state index contributed by atoms with van der Waals surface area (Å²) >= 11 is 1.24. The number of hydrogen-bond donors (Lipinski definition) is 0. The fraction of sp³-hybridized carbons (Fsp3) is 0.171. The lowest BCUT2D eigenvalue weighted by molar-refractivity contribution is 0.101. The van der Waals surface area contributed by atoms with E-state index in [-0.39, 0.29) is 32.3 Å². The molecule has 0 aliphatic rings. The maximum atomic E-state index is 15.0. The van der Waals surface area contributed by atoms with Gasteiger partial charge in [0.15, 0.2) is 0 Å². The van der Waals surface area contributed by atoms with Gasteiger partial charge in [-0.25, -0.2) is 18.2 Å². The molecule has 6 aromatic rings. The fourth-order valence-electron chi connectivity index (χ4n) is 5.40. The summed E-state index contributed by atoms with van der Waals surface area (Å²) < 4.78 is 36.1. The molecule has 0 aliphatic heterocycles. The second kappa shape index (κ2) is 12.3. The number of benzene rings is 4.